The molecule has 2 atom stereocenters. The Labute approximate surface area is 129 Å². The SMILES string of the molecule is CC1CCCN(C(=O)c2cc(Cl)nc3ccccc23)C1C. The smallest absolute Gasteiger partial charge is 0.254 e. The molecular formula is C17H19ClN2O. The number of rotatable bonds is 1. The Kier molecular flexibility index (Phi) is 3.85. The third-order valence-corrected chi connectivity index (χ3v) is 4.74. The van der Waals surface area contributed by atoms with Crippen molar-refractivity contribution in [3.8, 4) is 0 Å². The molecule has 2 aromatic rings. The quantitative estimate of drug-likeness (QED) is 0.741. The molecule has 1 fully saturated rings. The van der Waals surface area contributed by atoms with Gasteiger partial charge in [0.2, 0.25) is 0 Å². The second-order valence-electron chi connectivity index (χ2n) is 5.87. The first kappa shape index (κ1) is 14.3. The Bertz CT molecular complexity index is 686. The number of carbonyl (C=O) groups excluding carboxylic acids is 1. The molecular weight excluding hydrogens is 284 g/mol. The normalized spacial score (nSPS) is 22.5. The van der Waals surface area contributed by atoms with Crippen LogP contribution in [0.2, 0.25) is 5.15 Å². The van der Waals surface area contributed by atoms with Gasteiger partial charge >= 0.3 is 0 Å². The number of para-hydroxylation sites is 1. The molecule has 21 heavy (non-hydrogen) atoms. The molecule has 1 aromatic carbocycles. The molecule has 0 aliphatic carbocycles. The number of halogens is 1. The van der Waals surface area contributed by atoms with Crippen LogP contribution in [0.4, 0.5) is 0 Å². The Balaban J connectivity index is 2.05. The zero-order chi connectivity index (χ0) is 15.0. The average molecular weight is 303 g/mol. The number of hydrogen-bond donors (Lipinski definition) is 0. The van der Waals surface area contributed by atoms with Gasteiger partial charge in [-0.2, -0.15) is 0 Å². The van der Waals surface area contributed by atoms with Crippen molar-refractivity contribution >= 4 is 28.4 Å². The summed E-state index contributed by atoms with van der Waals surface area (Å²) in [7, 11) is 0. The average Bonchev–Trinajstić information content (AvgIpc) is 2.48. The lowest BCUT2D eigenvalue weighted by Gasteiger charge is -2.38. The third kappa shape index (κ3) is 2.62. The van der Waals surface area contributed by atoms with Gasteiger partial charge in [0.25, 0.3) is 5.91 Å². The van der Waals surface area contributed by atoms with Crippen LogP contribution in [-0.2, 0) is 0 Å². The van der Waals surface area contributed by atoms with Gasteiger partial charge in [-0.05, 0) is 37.8 Å². The van der Waals surface area contributed by atoms with E-state index in [1.165, 1.54) is 6.42 Å². The maximum atomic E-state index is 13.0. The molecule has 0 spiro atoms. The number of amides is 1. The Morgan fingerprint density at radius 3 is 2.90 bits per heavy atom. The largest absolute Gasteiger partial charge is 0.336 e. The van der Waals surface area contributed by atoms with E-state index in [4.69, 9.17) is 11.6 Å². The highest BCUT2D eigenvalue weighted by Crippen LogP contribution is 2.27. The third-order valence-electron chi connectivity index (χ3n) is 4.55. The van der Waals surface area contributed by atoms with E-state index < -0.39 is 0 Å². The number of nitrogens with zero attached hydrogens (tertiary/aromatic N) is 2. The number of pyridine rings is 1. The van der Waals surface area contributed by atoms with Crippen molar-refractivity contribution < 1.29 is 4.79 Å². The van der Waals surface area contributed by atoms with Gasteiger partial charge in [-0.3, -0.25) is 4.79 Å². The van der Waals surface area contributed by atoms with Crippen molar-refractivity contribution in [1.82, 2.24) is 9.88 Å². The minimum absolute atomic E-state index is 0.0644. The minimum atomic E-state index is 0.0644. The van der Waals surface area contributed by atoms with Gasteiger partial charge in [0, 0.05) is 18.0 Å². The van der Waals surface area contributed by atoms with Gasteiger partial charge < -0.3 is 4.90 Å². The summed E-state index contributed by atoms with van der Waals surface area (Å²) in [5.41, 5.74) is 1.43. The van der Waals surface area contributed by atoms with Crippen molar-refractivity contribution in [3.63, 3.8) is 0 Å². The first-order valence-corrected chi connectivity index (χ1v) is 7.82. The molecule has 0 N–H and O–H groups in total. The zero-order valence-electron chi connectivity index (χ0n) is 12.3. The first-order chi connectivity index (χ1) is 10.1. The van der Waals surface area contributed by atoms with Gasteiger partial charge in [-0.25, -0.2) is 4.98 Å². The Morgan fingerprint density at radius 1 is 1.33 bits per heavy atom. The first-order valence-electron chi connectivity index (χ1n) is 7.44. The van der Waals surface area contributed by atoms with E-state index in [1.54, 1.807) is 6.07 Å². The summed E-state index contributed by atoms with van der Waals surface area (Å²) < 4.78 is 0. The number of fused-ring (bicyclic) bond motifs is 1. The van der Waals surface area contributed by atoms with Crippen LogP contribution >= 0.6 is 11.6 Å². The highest BCUT2D eigenvalue weighted by Gasteiger charge is 2.29. The fourth-order valence-electron chi connectivity index (χ4n) is 3.10. The summed E-state index contributed by atoms with van der Waals surface area (Å²) in [5, 5.41) is 1.24. The number of benzene rings is 1. The second-order valence-corrected chi connectivity index (χ2v) is 6.26. The van der Waals surface area contributed by atoms with Crippen LogP contribution in [0.15, 0.2) is 30.3 Å². The predicted octanol–water partition coefficient (Wildman–Crippen LogP) is 4.15. The van der Waals surface area contributed by atoms with Crippen LogP contribution in [0.5, 0.6) is 0 Å². The molecule has 3 nitrogen and oxygen atoms in total. The monoisotopic (exact) mass is 302 g/mol. The summed E-state index contributed by atoms with van der Waals surface area (Å²) in [6.07, 6.45) is 2.25. The van der Waals surface area contributed by atoms with Crippen LogP contribution in [-0.4, -0.2) is 28.4 Å². The fraction of sp³-hybridized carbons (Fsp3) is 0.412. The number of carbonyl (C=O) groups is 1. The molecule has 0 radical (unpaired) electrons. The number of aromatic nitrogens is 1. The molecule has 1 saturated heterocycles. The van der Waals surface area contributed by atoms with Gasteiger partial charge in [-0.15, -0.1) is 0 Å². The summed E-state index contributed by atoms with van der Waals surface area (Å²) in [6, 6.07) is 9.61. The molecule has 110 valence electrons. The van der Waals surface area contributed by atoms with Crippen LogP contribution in [0.25, 0.3) is 10.9 Å². The highest BCUT2D eigenvalue weighted by molar-refractivity contribution is 6.30. The van der Waals surface area contributed by atoms with E-state index in [0.29, 0.717) is 16.6 Å². The molecule has 3 rings (SSSR count). The van der Waals surface area contributed by atoms with Crippen molar-refractivity contribution in [1.29, 1.82) is 0 Å². The molecule has 4 heteroatoms. The molecule has 0 bridgehead atoms. The number of piperidine rings is 1. The van der Waals surface area contributed by atoms with E-state index in [0.717, 1.165) is 23.9 Å². The second kappa shape index (κ2) is 5.64. The van der Waals surface area contributed by atoms with Crippen LogP contribution in [0.1, 0.15) is 37.0 Å². The lowest BCUT2D eigenvalue weighted by atomic mass is 9.91. The van der Waals surface area contributed by atoms with Crippen molar-refractivity contribution in [2.24, 2.45) is 5.92 Å². The van der Waals surface area contributed by atoms with Crippen molar-refractivity contribution in [3.05, 3.63) is 41.0 Å². The van der Waals surface area contributed by atoms with Gasteiger partial charge in [0.1, 0.15) is 5.15 Å². The molecule has 1 amide bonds. The van der Waals surface area contributed by atoms with Crippen molar-refractivity contribution in [2.45, 2.75) is 32.7 Å². The van der Waals surface area contributed by atoms with E-state index in [9.17, 15) is 4.79 Å². The summed E-state index contributed by atoms with van der Waals surface area (Å²) in [6.45, 7) is 5.16. The molecule has 0 saturated carbocycles. The van der Waals surface area contributed by atoms with Crippen LogP contribution < -0.4 is 0 Å². The zero-order valence-corrected chi connectivity index (χ0v) is 13.1. The summed E-state index contributed by atoms with van der Waals surface area (Å²) in [5.74, 6) is 0.598. The number of hydrogen-bond acceptors (Lipinski definition) is 2. The van der Waals surface area contributed by atoms with E-state index in [-0.39, 0.29) is 11.9 Å². The van der Waals surface area contributed by atoms with Crippen LogP contribution in [0, 0.1) is 5.92 Å². The molecule has 1 aromatic heterocycles. The molecule has 2 heterocycles. The van der Waals surface area contributed by atoms with E-state index in [1.807, 2.05) is 29.2 Å². The van der Waals surface area contributed by atoms with Crippen molar-refractivity contribution in [2.75, 3.05) is 6.54 Å². The molecule has 2 unspecified atom stereocenters. The van der Waals surface area contributed by atoms with E-state index >= 15 is 0 Å². The fourth-order valence-corrected chi connectivity index (χ4v) is 3.30. The summed E-state index contributed by atoms with van der Waals surface area (Å²) in [4.78, 5) is 19.2. The Morgan fingerprint density at radius 2 is 2.10 bits per heavy atom. The van der Waals surface area contributed by atoms with Gasteiger partial charge in [-0.1, -0.05) is 36.7 Å². The maximum absolute atomic E-state index is 13.0. The predicted molar refractivity (Wildman–Crippen MR) is 85.6 cm³/mol. The maximum Gasteiger partial charge on any atom is 0.254 e. The standard InChI is InChI=1S/C17H19ClN2O/c1-11-6-5-9-20(12(11)2)17(21)14-10-16(18)19-15-8-4-3-7-13(14)15/h3-4,7-8,10-12H,5-6,9H2,1-2H3. The summed E-state index contributed by atoms with van der Waals surface area (Å²) >= 11 is 6.09. The number of likely N-dealkylation sites (tertiary alicyclic amines) is 1. The van der Waals surface area contributed by atoms with E-state index in [2.05, 4.69) is 18.8 Å². The highest BCUT2D eigenvalue weighted by atomic mass is 35.5. The molecule has 1 aliphatic heterocycles. The molecule has 1 aliphatic rings. The topological polar surface area (TPSA) is 33.2 Å². The lowest BCUT2D eigenvalue weighted by Crippen LogP contribution is -2.46. The van der Waals surface area contributed by atoms with Gasteiger partial charge in [0.15, 0.2) is 0 Å². The van der Waals surface area contributed by atoms with Crippen LogP contribution in [0.3, 0.4) is 0 Å². The lowest BCUT2D eigenvalue weighted by molar-refractivity contribution is 0.0553. The van der Waals surface area contributed by atoms with Gasteiger partial charge in [0.05, 0.1) is 11.1 Å². The minimum Gasteiger partial charge on any atom is -0.336 e. The Hall–Kier alpha value is -1.61.